The number of carbonyl (C=O) groups is 2. The first-order chi connectivity index (χ1) is 7.24. The van der Waals surface area contributed by atoms with Gasteiger partial charge in [0.15, 0.2) is 12.1 Å². The minimum Gasteiger partial charge on any atom is -0.298 e. The van der Waals surface area contributed by atoms with E-state index in [4.69, 9.17) is 0 Å². The predicted octanol–water partition coefficient (Wildman–Crippen LogP) is 2.55. The molecule has 78 valence electrons. The molecule has 2 nitrogen and oxygen atoms in total. The van der Waals surface area contributed by atoms with Gasteiger partial charge in [-0.05, 0) is 30.9 Å². The number of Topliss-reactive ketones (excluding diaryl/α,β-unsaturated/α-hetero) is 1. The lowest BCUT2D eigenvalue weighted by atomic mass is 9.99. The topological polar surface area (TPSA) is 34.1 Å². The van der Waals surface area contributed by atoms with E-state index in [9.17, 15) is 14.0 Å². The molecule has 1 aliphatic rings. The van der Waals surface area contributed by atoms with Crippen LogP contribution in [0.4, 0.5) is 4.39 Å². The van der Waals surface area contributed by atoms with Gasteiger partial charge in [0.25, 0.3) is 0 Å². The Morgan fingerprint density at radius 1 is 1.20 bits per heavy atom. The minimum atomic E-state index is -0.516. The molecule has 0 aromatic heterocycles. The maximum absolute atomic E-state index is 13.7. The Balaban J connectivity index is 2.59. The van der Waals surface area contributed by atoms with Gasteiger partial charge in [-0.1, -0.05) is 6.07 Å². The van der Waals surface area contributed by atoms with Gasteiger partial charge in [-0.25, -0.2) is 4.39 Å². The molecule has 0 saturated heterocycles. The van der Waals surface area contributed by atoms with Crippen molar-refractivity contribution in [2.24, 2.45) is 0 Å². The highest BCUT2D eigenvalue weighted by atomic mass is 19.1. The molecule has 0 unspecified atom stereocenters. The van der Waals surface area contributed by atoms with Gasteiger partial charge < -0.3 is 0 Å². The van der Waals surface area contributed by atoms with E-state index in [1.807, 2.05) is 0 Å². The van der Waals surface area contributed by atoms with E-state index in [1.165, 1.54) is 6.07 Å². The zero-order valence-corrected chi connectivity index (χ0v) is 8.25. The number of fused-ring (bicyclic) bond motifs is 1. The molecule has 0 fully saturated rings. The highest BCUT2D eigenvalue weighted by Gasteiger charge is 2.20. The van der Waals surface area contributed by atoms with Crippen LogP contribution in [-0.4, -0.2) is 12.1 Å². The molecule has 2 rings (SSSR count). The Morgan fingerprint density at radius 2 is 1.93 bits per heavy atom. The average molecular weight is 206 g/mol. The molecule has 0 amide bonds. The number of rotatable bonds is 1. The van der Waals surface area contributed by atoms with E-state index < -0.39 is 5.82 Å². The lowest BCUT2D eigenvalue weighted by Gasteiger charge is -2.06. The van der Waals surface area contributed by atoms with Crippen LogP contribution in [0.3, 0.4) is 0 Å². The van der Waals surface area contributed by atoms with E-state index in [0.717, 1.165) is 12.8 Å². The first kappa shape index (κ1) is 10.0. The molecule has 0 radical (unpaired) electrons. The van der Waals surface area contributed by atoms with Crippen molar-refractivity contribution in [3.63, 3.8) is 0 Å². The summed E-state index contributed by atoms with van der Waals surface area (Å²) in [4.78, 5) is 22.2. The molecule has 15 heavy (non-hydrogen) atoms. The van der Waals surface area contributed by atoms with Gasteiger partial charge in [-0.3, -0.25) is 9.59 Å². The maximum Gasteiger partial charge on any atom is 0.163 e. The second-order valence-corrected chi connectivity index (χ2v) is 3.74. The lowest BCUT2D eigenvalue weighted by molar-refractivity contribution is 0.0980. The fourth-order valence-corrected chi connectivity index (χ4v) is 1.96. The summed E-state index contributed by atoms with van der Waals surface area (Å²) in [6, 6.07) is 2.94. The minimum absolute atomic E-state index is 0.0150. The number of halogens is 1. The molecule has 0 atom stereocenters. The zero-order valence-electron chi connectivity index (χ0n) is 8.25. The monoisotopic (exact) mass is 206 g/mol. The zero-order chi connectivity index (χ0) is 10.8. The summed E-state index contributed by atoms with van der Waals surface area (Å²) in [5.41, 5.74) is 0.918. The lowest BCUT2D eigenvalue weighted by Crippen LogP contribution is -2.04. The van der Waals surface area contributed by atoms with Crippen molar-refractivity contribution < 1.29 is 14.0 Å². The molecule has 1 aromatic carbocycles. The van der Waals surface area contributed by atoms with Crippen molar-refractivity contribution in [1.29, 1.82) is 0 Å². The summed E-state index contributed by atoms with van der Waals surface area (Å²) in [6.07, 6.45) is 3.12. The molecule has 0 heterocycles. The van der Waals surface area contributed by atoms with Crippen LogP contribution in [-0.2, 0) is 6.42 Å². The molecular formula is C12H11FO2. The van der Waals surface area contributed by atoms with Gasteiger partial charge >= 0.3 is 0 Å². The number of benzene rings is 1. The van der Waals surface area contributed by atoms with Crippen molar-refractivity contribution in [3.05, 3.63) is 34.6 Å². The molecule has 0 aliphatic heterocycles. The molecule has 0 saturated carbocycles. The van der Waals surface area contributed by atoms with Crippen LogP contribution in [0.2, 0.25) is 0 Å². The maximum atomic E-state index is 13.7. The number of hydrogen-bond acceptors (Lipinski definition) is 2. The SMILES string of the molecule is O=Cc1ccc2c(c1F)CCCCC2=O. The van der Waals surface area contributed by atoms with E-state index >= 15 is 0 Å². The predicted molar refractivity (Wildman–Crippen MR) is 53.7 cm³/mol. The van der Waals surface area contributed by atoms with Crippen molar-refractivity contribution >= 4 is 12.1 Å². The second-order valence-electron chi connectivity index (χ2n) is 3.74. The molecular weight excluding hydrogens is 195 g/mol. The summed E-state index contributed by atoms with van der Waals surface area (Å²) in [7, 11) is 0. The van der Waals surface area contributed by atoms with Gasteiger partial charge in [-0.15, -0.1) is 0 Å². The largest absolute Gasteiger partial charge is 0.298 e. The van der Waals surface area contributed by atoms with Crippen molar-refractivity contribution in [2.45, 2.75) is 25.7 Å². The first-order valence-electron chi connectivity index (χ1n) is 5.04. The Morgan fingerprint density at radius 3 is 2.67 bits per heavy atom. The fraction of sp³-hybridized carbons (Fsp3) is 0.333. The molecule has 3 heteroatoms. The second kappa shape index (κ2) is 3.93. The summed E-state index contributed by atoms with van der Waals surface area (Å²) in [6.45, 7) is 0. The van der Waals surface area contributed by atoms with Gasteiger partial charge in [0, 0.05) is 12.0 Å². The smallest absolute Gasteiger partial charge is 0.163 e. The molecule has 0 spiro atoms. The Bertz CT molecular complexity index is 424. The fourth-order valence-electron chi connectivity index (χ4n) is 1.96. The number of ketones is 1. The summed E-state index contributed by atoms with van der Waals surface area (Å²) in [5.74, 6) is -0.531. The van der Waals surface area contributed by atoms with Crippen molar-refractivity contribution in [2.75, 3.05) is 0 Å². The van der Waals surface area contributed by atoms with Gasteiger partial charge in [0.2, 0.25) is 0 Å². The highest BCUT2D eigenvalue weighted by molar-refractivity contribution is 5.98. The van der Waals surface area contributed by atoms with Crippen LogP contribution < -0.4 is 0 Å². The summed E-state index contributed by atoms with van der Waals surface area (Å²) in [5, 5.41) is 0. The molecule has 1 aliphatic carbocycles. The van der Waals surface area contributed by atoms with E-state index in [1.54, 1.807) is 6.07 Å². The van der Waals surface area contributed by atoms with Crippen LogP contribution in [0.1, 0.15) is 45.5 Å². The number of aldehydes is 1. The number of carbonyl (C=O) groups excluding carboxylic acids is 2. The van der Waals surface area contributed by atoms with Crippen molar-refractivity contribution in [3.8, 4) is 0 Å². The molecule has 0 N–H and O–H groups in total. The van der Waals surface area contributed by atoms with Crippen LogP contribution in [0, 0.1) is 5.82 Å². The quantitative estimate of drug-likeness (QED) is 0.522. The molecule has 1 aromatic rings. The Hall–Kier alpha value is -1.51. The van der Waals surface area contributed by atoms with Crippen LogP contribution in [0.25, 0.3) is 0 Å². The molecule has 0 bridgehead atoms. The summed E-state index contributed by atoms with van der Waals surface area (Å²) < 4.78 is 13.7. The van der Waals surface area contributed by atoms with E-state index in [0.29, 0.717) is 30.3 Å². The van der Waals surface area contributed by atoms with Crippen molar-refractivity contribution in [1.82, 2.24) is 0 Å². The first-order valence-corrected chi connectivity index (χ1v) is 5.04. The third kappa shape index (κ3) is 1.69. The van der Waals surface area contributed by atoms with E-state index in [2.05, 4.69) is 0 Å². The number of hydrogen-bond donors (Lipinski definition) is 0. The highest BCUT2D eigenvalue weighted by Crippen LogP contribution is 2.24. The van der Waals surface area contributed by atoms with Gasteiger partial charge in [-0.2, -0.15) is 0 Å². The van der Waals surface area contributed by atoms with Crippen LogP contribution in [0.15, 0.2) is 12.1 Å². The third-order valence-corrected chi connectivity index (χ3v) is 2.78. The third-order valence-electron chi connectivity index (χ3n) is 2.78. The standard InChI is InChI=1S/C12H11FO2/c13-12-8(7-14)5-6-9-10(12)3-1-2-4-11(9)15/h5-7H,1-4H2. The van der Waals surface area contributed by atoms with Crippen LogP contribution >= 0.6 is 0 Å². The van der Waals surface area contributed by atoms with E-state index in [-0.39, 0.29) is 11.3 Å². The van der Waals surface area contributed by atoms with Gasteiger partial charge in [0.05, 0.1) is 5.56 Å². The average Bonchev–Trinajstić information content (AvgIpc) is 2.42. The normalized spacial score (nSPS) is 15.7. The summed E-state index contributed by atoms with van der Waals surface area (Å²) >= 11 is 0. The Labute approximate surface area is 87.1 Å². The van der Waals surface area contributed by atoms with Crippen LogP contribution in [0.5, 0.6) is 0 Å². The Kier molecular flexibility index (Phi) is 2.62. The van der Waals surface area contributed by atoms with Gasteiger partial charge in [0.1, 0.15) is 5.82 Å².